The number of rotatable bonds is 13. The number of aromatic amines is 2. The Balaban J connectivity index is 1.14. The van der Waals surface area contributed by atoms with Gasteiger partial charge in [0.2, 0.25) is 11.8 Å². The first-order valence-corrected chi connectivity index (χ1v) is 20.5. The summed E-state index contributed by atoms with van der Waals surface area (Å²) in [6.07, 6.45) is 7.28. The van der Waals surface area contributed by atoms with Crippen LogP contribution in [-0.4, -0.2) is 92.1 Å². The number of nitrogens with one attached hydrogen (secondary N) is 4. The van der Waals surface area contributed by atoms with E-state index >= 15 is 0 Å². The molecule has 0 aliphatic carbocycles. The predicted octanol–water partition coefficient (Wildman–Crippen LogP) is 7.78. The Bertz CT molecular complexity index is 1890. The molecular formula is C44H58N8O6. The molecule has 4 N–H and O–H groups in total. The second kappa shape index (κ2) is 18.3. The van der Waals surface area contributed by atoms with E-state index in [1.807, 2.05) is 49.9 Å². The van der Waals surface area contributed by atoms with Gasteiger partial charge in [0.15, 0.2) is 0 Å². The Morgan fingerprint density at radius 1 is 0.621 bits per heavy atom. The molecule has 14 nitrogen and oxygen atoms in total. The Hall–Kier alpha value is -5.66. The SMILES string of the molecule is CC[C@H]1CC[C@@H](c2ncc(-c3ccc(-c4ccc(-c5cnc([C@@H]6CC[C@H](CC)N6C(=O)[C@@H](NC(=O)OC)C(C)C)[nH]5)cc4)cc3)[nH]2)N1C(=O)[C@@H](NC(=O)OC)C(C)C. The smallest absolute Gasteiger partial charge is 0.407 e. The molecule has 2 aromatic carbocycles. The summed E-state index contributed by atoms with van der Waals surface area (Å²) < 4.78 is 9.62. The van der Waals surface area contributed by atoms with Crippen LogP contribution in [0.15, 0.2) is 60.9 Å². The first kappa shape index (κ1) is 42.0. The fourth-order valence-corrected chi connectivity index (χ4v) is 8.48. The summed E-state index contributed by atoms with van der Waals surface area (Å²) >= 11 is 0. The van der Waals surface area contributed by atoms with E-state index in [4.69, 9.17) is 19.4 Å². The van der Waals surface area contributed by atoms with Gasteiger partial charge < -0.3 is 39.9 Å². The van der Waals surface area contributed by atoms with E-state index in [1.54, 1.807) is 0 Å². The lowest BCUT2D eigenvalue weighted by atomic mass is 10.0. The molecule has 0 unspecified atom stereocenters. The lowest BCUT2D eigenvalue weighted by molar-refractivity contribution is -0.138. The van der Waals surface area contributed by atoms with Gasteiger partial charge in [0.25, 0.3) is 0 Å². The van der Waals surface area contributed by atoms with Gasteiger partial charge in [-0.1, -0.05) is 90.1 Å². The number of imidazole rings is 2. The zero-order valence-electron chi connectivity index (χ0n) is 34.9. The first-order chi connectivity index (χ1) is 27.9. The van der Waals surface area contributed by atoms with E-state index < -0.39 is 24.3 Å². The zero-order valence-corrected chi connectivity index (χ0v) is 34.9. The molecule has 2 fully saturated rings. The van der Waals surface area contributed by atoms with Crippen molar-refractivity contribution in [2.45, 2.75) is 116 Å². The highest BCUT2D eigenvalue weighted by Gasteiger charge is 2.43. The number of carbonyl (C=O) groups excluding carboxylic acids is 4. The van der Waals surface area contributed by atoms with Gasteiger partial charge in [0.05, 0.1) is 50.1 Å². The molecule has 0 radical (unpaired) electrons. The maximum absolute atomic E-state index is 13.9. The Labute approximate surface area is 340 Å². The Kier molecular flexibility index (Phi) is 13.2. The van der Waals surface area contributed by atoms with Crippen LogP contribution in [0, 0.1) is 11.8 Å². The third-order valence-corrected chi connectivity index (χ3v) is 11.8. The number of carbonyl (C=O) groups is 4. The summed E-state index contributed by atoms with van der Waals surface area (Å²) in [6.45, 7) is 11.8. The van der Waals surface area contributed by atoms with Gasteiger partial charge in [0.1, 0.15) is 23.7 Å². The average molecular weight is 795 g/mol. The van der Waals surface area contributed by atoms with Crippen molar-refractivity contribution in [2.75, 3.05) is 14.2 Å². The molecule has 2 aliphatic heterocycles. The number of benzene rings is 2. The number of hydrogen-bond donors (Lipinski definition) is 4. The van der Waals surface area contributed by atoms with Crippen molar-refractivity contribution in [3.63, 3.8) is 0 Å². The number of nitrogens with zero attached hydrogens (tertiary/aromatic N) is 4. The van der Waals surface area contributed by atoms with Gasteiger partial charge in [-0.15, -0.1) is 0 Å². The van der Waals surface area contributed by atoms with Crippen molar-refractivity contribution in [3.8, 4) is 33.6 Å². The Morgan fingerprint density at radius 2 is 0.966 bits per heavy atom. The third-order valence-electron chi connectivity index (χ3n) is 11.8. The van der Waals surface area contributed by atoms with Crippen LogP contribution < -0.4 is 10.6 Å². The van der Waals surface area contributed by atoms with Crippen molar-refractivity contribution in [1.29, 1.82) is 0 Å². The summed E-state index contributed by atoms with van der Waals surface area (Å²) in [5.41, 5.74) is 5.79. The van der Waals surface area contributed by atoms with Crippen LogP contribution in [0.1, 0.15) is 104 Å². The minimum Gasteiger partial charge on any atom is -0.453 e. The summed E-state index contributed by atoms with van der Waals surface area (Å²) in [7, 11) is 2.60. The Morgan fingerprint density at radius 3 is 1.28 bits per heavy atom. The monoisotopic (exact) mass is 794 g/mol. The second-order valence-electron chi connectivity index (χ2n) is 16.0. The van der Waals surface area contributed by atoms with Gasteiger partial charge in [-0.25, -0.2) is 19.6 Å². The largest absolute Gasteiger partial charge is 0.453 e. The molecule has 4 aromatic rings. The quantitative estimate of drug-likeness (QED) is 0.106. The molecule has 4 amide bonds. The molecule has 2 aliphatic rings. The van der Waals surface area contributed by atoms with E-state index in [-0.39, 0.29) is 47.8 Å². The van der Waals surface area contributed by atoms with Crippen LogP contribution in [0.5, 0.6) is 0 Å². The van der Waals surface area contributed by atoms with Crippen molar-refractivity contribution < 1.29 is 28.7 Å². The van der Waals surface area contributed by atoms with E-state index in [0.717, 1.165) is 83.8 Å². The normalized spacial score (nSPS) is 20.3. The number of amides is 4. The highest BCUT2D eigenvalue weighted by molar-refractivity contribution is 5.87. The summed E-state index contributed by atoms with van der Waals surface area (Å²) in [5.74, 6) is 0.977. The maximum atomic E-state index is 13.9. The van der Waals surface area contributed by atoms with Gasteiger partial charge >= 0.3 is 12.2 Å². The van der Waals surface area contributed by atoms with Crippen LogP contribution in [0.4, 0.5) is 9.59 Å². The number of methoxy groups -OCH3 is 2. The molecule has 6 atom stereocenters. The topological polar surface area (TPSA) is 175 Å². The van der Waals surface area contributed by atoms with Gasteiger partial charge in [0, 0.05) is 12.1 Å². The van der Waals surface area contributed by atoms with Gasteiger partial charge in [-0.3, -0.25) is 9.59 Å². The minimum absolute atomic E-state index is 0.0514. The highest BCUT2D eigenvalue weighted by Crippen LogP contribution is 2.40. The highest BCUT2D eigenvalue weighted by atomic mass is 16.5. The fraction of sp³-hybridized carbons (Fsp3) is 0.500. The number of aromatic nitrogens is 4. The van der Waals surface area contributed by atoms with E-state index in [0.29, 0.717) is 0 Å². The molecule has 58 heavy (non-hydrogen) atoms. The second-order valence-corrected chi connectivity index (χ2v) is 16.0. The molecule has 0 spiro atoms. The van der Waals surface area contributed by atoms with Crippen LogP contribution in [0.3, 0.4) is 0 Å². The van der Waals surface area contributed by atoms with Crippen LogP contribution in [-0.2, 0) is 19.1 Å². The number of hydrogen-bond acceptors (Lipinski definition) is 8. The van der Waals surface area contributed by atoms with E-state index in [1.165, 1.54) is 14.2 Å². The van der Waals surface area contributed by atoms with Crippen LogP contribution in [0.25, 0.3) is 33.6 Å². The van der Waals surface area contributed by atoms with Crippen molar-refractivity contribution in [3.05, 3.63) is 72.6 Å². The molecule has 2 aromatic heterocycles. The van der Waals surface area contributed by atoms with Crippen LogP contribution in [0.2, 0.25) is 0 Å². The molecule has 0 saturated carbocycles. The first-order valence-electron chi connectivity index (χ1n) is 20.5. The van der Waals surface area contributed by atoms with Crippen molar-refractivity contribution in [2.24, 2.45) is 11.8 Å². The number of likely N-dealkylation sites (tertiary alicyclic amines) is 2. The number of ether oxygens (including phenoxy) is 2. The molecule has 14 heteroatoms. The summed E-state index contributed by atoms with van der Waals surface area (Å²) in [6, 6.07) is 14.8. The summed E-state index contributed by atoms with van der Waals surface area (Å²) in [4.78, 5) is 72.3. The molecule has 310 valence electrons. The lowest BCUT2D eigenvalue weighted by Gasteiger charge is -2.34. The fourth-order valence-electron chi connectivity index (χ4n) is 8.48. The number of alkyl carbamates (subject to hydrolysis) is 2. The zero-order chi connectivity index (χ0) is 41.7. The molecule has 4 heterocycles. The minimum atomic E-state index is -0.703. The standard InChI is InChI=1S/C44H58N8O6/c1-9-31-19-21-35(51(31)41(53)37(25(3)4)49-43(55)57-7)39-45-23-33(47-39)29-15-11-27(12-16-29)28-13-17-30(18-14-28)34-24-46-40(48-34)36-22-20-32(10-2)52(36)42(54)38(26(5)6)50-44(56)58-8/h11-18,23-26,31-32,35-38H,9-10,19-22H2,1-8H3,(H,45,47)(H,46,48)(H,49,55)(H,50,56)/t31-,32-,35-,36-,37-,38-/m0/s1. The van der Waals surface area contributed by atoms with Crippen molar-refractivity contribution >= 4 is 24.0 Å². The molecule has 0 bridgehead atoms. The van der Waals surface area contributed by atoms with Crippen LogP contribution >= 0.6 is 0 Å². The van der Waals surface area contributed by atoms with Crippen molar-refractivity contribution in [1.82, 2.24) is 40.4 Å². The van der Waals surface area contributed by atoms with Gasteiger partial charge in [-0.05, 0) is 72.6 Å². The maximum Gasteiger partial charge on any atom is 0.407 e. The van der Waals surface area contributed by atoms with Gasteiger partial charge in [-0.2, -0.15) is 0 Å². The lowest BCUT2D eigenvalue weighted by Crippen LogP contribution is -2.53. The summed E-state index contributed by atoms with van der Waals surface area (Å²) in [5, 5.41) is 5.48. The number of H-pyrrole nitrogens is 2. The van der Waals surface area contributed by atoms with E-state index in [9.17, 15) is 19.2 Å². The average Bonchev–Trinajstić information content (AvgIpc) is 4.07. The molecule has 2 saturated heterocycles. The third kappa shape index (κ3) is 8.75. The predicted molar refractivity (Wildman–Crippen MR) is 221 cm³/mol. The molecule has 6 rings (SSSR count). The van der Waals surface area contributed by atoms with E-state index in [2.05, 4.69) is 83.0 Å². The molecular weight excluding hydrogens is 737 g/mol.